The zero-order valence-corrected chi connectivity index (χ0v) is 18.5. The molecule has 29 heavy (non-hydrogen) atoms. The maximum Gasteiger partial charge on any atom is 0.185 e. The first-order valence-electron chi connectivity index (χ1n) is 10.1. The molecule has 0 saturated heterocycles. The molecule has 0 saturated carbocycles. The second-order valence-corrected chi connectivity index (χ2v) is 7.37. The van der Waals surface area contributed by atoms with E-state index in [0.29, 0.717) is 42.6 Å². The van der Waals surface area contributed by atoms with Gasteiger partial charge in [-0.15, -0.1) is 11.8 Å². The van der Waals surface area contributed by atoms with Gasteiger partial charge >= 0.3 is 0 Å². The lowest BCUT2D eigenvalue weighted by atomic mass is 10.1. The van der Waals surface area contributed by atoms with Gasteiger partial charge in [0.15, 0.2) is 17.3 Å². The average molecular weight is 415 g/mol. The summed E-state index contributed by atoms with van der Waals surface area (Å²) in [5.41, 5.74) is 1.44. The molecule has 0 spiro atoms. The van der Waals surface area contributed by atoms with Crippen molar-refractivity contribution in [3.05, 3.63) is 53.6 Å². The number of thioether (sulfide) groups is 1. The molecule has 156 valence electrons. The normalized spacial score (nSPS) is 10.9. The van der Waals surface area contributed by atoms with Crippen molar-refractivity contribution in [3.8, 4) is 17.2 Å². The minimum Gasteiger partial charge on any atom is -0.493 e. The van der Waals surface area contributed by atoms with Crippen LogP contribution in [0.25, 0.3) is 6.08 Å². The van der Waals surface area contributed by atoms with E-state index in [-0.39, 0.29) is 5.78 Å². The van der Waals surface area contributed by atoms with E-state index in [2.05, 4.69) is 6.92 Å². The number of carbonyl (C=O) groups is 1. The van der Waals surface area contributed by atoms with E-state index in [0.717, 1.165) is 17.7 Å². The summed E-state index contributed by atoms with van der Waals surface area (Å²) < 4.78 is 17.1. The molecule has 0 N–H and O–H groups in total. The zero-order valence-electron chi connectivity index (χ0n) is 17.7. The lowest BCUT2D eigenvalue weighted by Crippen LogP contribution is -2.01. The van der Waals surface area contributed by atoms with Gasteiger partial charge in [-0.05, 0) is 75.4 Å². The molecule has 0 aliphatic rings. The number of ether oxygens (including phenoxy) is 3. The van der Waals surface area contributed by atoms with Gasteiger partial charge in [0.1, 0.15) is 5.75 Å². The molecule has 0 heterocycles. The van der Waals surface area contributed by atoms with Crippen LogP contribution in [0.5, 0.6) is 17.2 Å². The van der Waals surface area contributed by atoms with Crippen LogP contribution in [-0.4, -0.2) is 31.4 Å². The first kappa shape index (κ1) is 22.9. The summed E-state index contributed by atoms with van der Waals surface area (Å²) in [6, 6.07) is 11.4. The van der Waals surface area contributed by atoms with Crippen molar-refractivity contribution in [2.45, 2.75) is 39.0 Å². The summed E-state index contributed by atoms with van der Waals surface area (Å²) in [4.78, 5) is 13.8. The molecule has 2 aromatic rings. The number of allylic oxidation sites excluding steroid dienone is 1. The first-order chi connectivity index (χ1) is 14.1. The predicted octanol–water partition coefficient (Wildman–Crippen LogP) is 6.28. The Morgan fingerprint density at radius 2 is 1.45 bits per heavy atom. The van der Waals surface area contributed by atoms with Crippen molar-refractivity contribution >= 4 is 23.6 Å². The van der Waals surface area contributed by atoms with Crippen LogP contribution in [0.4, 0.5) is 0 Å². The molecule has 0 fully saturated rings. The number of hydrogen-bond donors (Lipinski definition) is 0. The molecule has 4 nitrogen and oxygen atoms in total. The summed E-state index contributed by atoms with van der Waals surface area (Å²) >= 11 is 1.80. The molecule has 0 bridgehead atoms. The van der Waals surface area contributed by atoms with Crippen LogP contribution in [0.15, 0.2) is 47.4 Å². The minimum atomic E-state index is -0.0497. The molecule has 0 unspecified atom stereocenters. The Labute approximate surface area is 178 Å². The molecule has 0 radical (unpaired) electrons. The SMILES string of the molecule is CCCSc1ccc(C(=O)C=Cc2cc(OCC)c(OCC)cc2OCC)cc1. The third-order valence-corrected chi connectivity index (χ3v) is 5.22. The molecule has 0 atom stereocenters. The highest BCUT2D eigenvalue weighted by Gasteiger charge is 2.12. The Morgan fingerprint density at radius 3 is 2.03 bits per heavy atom. The quantitative estimate of drug-likeness (QED) is 0.232. The molecular formula is C24H30O4S. The summed E-state index contributed by atoms with van der Waals surface area (Å²) in [6.45, 7) is 9.51. The smallest absolute Gasteiger partial charge is 0.185 e. The van der Waals surface area contributed by atoms with Crippen LogP contribution < -0.4 is 14.2 Å². The molecule has 0 aromatic heterocycles. The fraction of sp³-hybridized carbons (Fsp3) is 0.375. The molecule has 2 rings (SSSR count). The van der Waals surface area contributed by atoms with Gasteiger partial charge in [0.05, 0.1) is 19.8 Å². The maximum absolute atomic E-state index is 12.6. The molecule has 0 aliphatic carbocycles. The summed E-state index contributed by atoms with van der Waals surface area (Å²) in [6.07, 6.45) is 4.47. The number of rotatable bonds is 12. The van der Waals surface area contributed by atoms with E-state index >= 15 is 0 Å². The topological polar surface area (TPSA) is 44.8 Å². The Morgan fingerprint density at radius 1 is 0.862 bits per heavy atom. The summed E-state index contributed by atoms with van der Waals surface area (Å²) in [5, 5.41) is 0. The third kappa shape index (κ3) is 6.86. The average Bonchev–Trinajstić information content (AvgIpc) is 2.73. The van der Waals surface area contributed by atoms with Gasteiger partial charge in [-0.2, -0.15) is 0 Å². The highest BCUT2D eigenvalue weighted by atomic mass is 32.2. The highest BCUT2D eigenvalue weighted by Crippen LogP contribution is 2.36. The lowest BCUT2D eigenvalue weighted by molar-refractivity contribution is 0.104. The van der Waals surface area contributed by atoms with E-state index in [4.69, 9.17) is 14.2 Å². The fourth-order valence-corrected chi connectivity index (χ4v) is 3.47. The van der Waals surface area contributed by atoms with E-state index in [9.17, 15) is 4.79 Å². The van der Waals surface area contributed by atoms with Crippen molar-refractivity contribution in [1.82, 2.24) is 0 Å². The van der Waals surface area contributed by atoms with Crippen LogP contribution in [0.1, 0.15) is 50.0 Å². The van der Waals surface area contributed by atoms with Crippen LogP contribution in [-0.2, 0) is 0 Å². The van der Waals surface area contributed by atoms with Gasteiger partial charge in [0.25, 0.3) is 0 Å². The van der Waals surface area contributed by atoms with Gasteiger partial charge in [0, 0.05) is 22.1 Å². The maximum atomic E-state index is 12.6. The van der Waals surface area contributed by atoms with Crippen LogP contribution in [0.2, 0.25) is 0 Å². The molecule has 2 aromatic carbocycles. The largest absolute Gasteiger partial charge is 0.493 e. The first-order valence-corrected chi connectivity index (χ1v) is 11.1. The van der Waals surface area contributed by atoms with Crippen LogP contribution in [0.3, 0.4) is 0 Å². The molecule has 0 aliphatic heterocycles. The Balaban J connectivity index is 2.24. The second-order valence-electron chi connectivity index (χ2n) is 6.21. The predicted molar refractivity (Wildman–Crippen MR) is 121 cm³/mol. The van der Waals surface area contributed by atoms with Crippen molar-refractivity contribution < 1.29 is 19.0 Å². The fourth-order valence-electron chi connectivity index (χ4n) is 2.70. The number of ketones is 1. The summed E-state index contributed by atoms with van der Waals surface area (Å²) in [7, 11) is 0. The summed E-state index contributed by atoms with van der Waals surface area (Å²) in [5.74, 6) is 2.97. The van der Waals surface area contributed by atoms with Crippen LogP contribution >= 0.6 is 11.8 Å². The minimum absolute atomic E-state index is 0.0497. The van der Waals surface area contributed by atoms with Gasteiger partial charge in [-0.1, -0.05) is 6.92 Å². The van der Waals surface area contributed by atoms with Crippen molar-refractivity contribution in [2.24, 2.45) is 0 Å². The highest BCUT2D eigenvalue weighted by molar-refractivity contribution is 7.99. The van der Waals surface area contributed by atoms with E-state index in [1.807, 2.05) is 57.2 Å². The zero-order chi connectivity index (χ0) is 21.1. The third-order valence-electron chi connectivity index (χ3n) is 4.00. The molecular weight excluding hydrogens is 384 g/mol. The standard InChI is InChI=1S/C24H30O4S/c1-5-15-29-20-12-9-18(10-13-20)21(25)14-11-19-16-23(27-7-3)24(28-8-4)17-22(19)26-6-2/h9-14,16-17H,5-8,15H2,1-4H3. The number of carbonyl (C=O) groups excluding carboxylic acids is 1. The Hall–Kier alpha value is -2.40. The number of benzene rings is 2. The van der Waals surface area contributed by atoms with E-state index in [1.54, 1.807) is 23.9 Å². The molecule has 5 heteroatoms. The van der Waals surface area contributed by atoms with Gasteiger partial charge in [-0.3, -0.25) is 4.79 Å². The Kier molecular flexibility index (Phi) is 9.65. The lowest BCUT2D eigenvalue weighted by Gasteiger charge is -2.15. The van der Waals surface area contributed by atoms with E-state index in [1.165, 1.54) is 4.90 Å². The van der Waals surface area contributed by atoms with Crippen molar-refractivity contribution in [3.63, 3.8) is 0 Å². The van der Waals surface area contributed by atoms with E-state index < -0.39 is 0 Å². The van der Waals surface area contributed by atoms with Gasteiger partial charge in [0.2, 0.25) is 0 Å². The van der Waals surface area contributed by atoms with Crippen LogP contribution in [0, 0.1) is 0 Å². The monoisotopic (exact) mass is 414 g/mol. The van der Waals surface area contributed by atoms with Gasteiger partial charge < -0.3 is 14.2 Å². The van der Waals surface area contributed by atoms with Crippen molar-refractivity contribution in [1.29, 1.82) is 0 Å². The number of hydrogen-bond acceptors (Lipinski definition) is 5. The van der Waals surface area contributed by atoms with Gasteiger partial charge in [-0.25, -0.2) is 0 Å². The Bertz CT molecular complexity index is 812. The second kappa shape index (κ2) is 12.2. The molecule has 0 amide bonds. The van der Waals surface area contributed by atoms with Crippen molar-refractivity contribution in [2.75, 3.05) is 25.6 Å².